The zero-order chi connectivity index (χ0) is 16.8. The minimum absolute atomic E-state index is 0.174. The molecule has 0 amide bonds. The fraction of sp³-hybridized carbons (Fsp3) is 0.167. The van der Waals surface area contributed by atoms with E-state index in [1.807, 2.05) is 0 Å². The van der Waals surface area contributed by atoms with E-state index < -0.39 is 60.1 Å². The lowest BCUT2D eigenvalue weighted by molar-refractivity contribution is 1.02. The molecule has 0 spiro atoms. The summed E-state index contributed by atoms with van der Waals surface area (Å²) in [4.78, 5) is 0. The topological polar surface area (TPSA) is 0 Å². The summed E-state index contributed by atoms with van der Waals surface area (Å²) in [5.74, 6) is 0. The van der Waals surface area contributed by atoms with Crippen LogP contribution in [0.2, 0.25) is 0 Å². The smallest absolute Gasteiger partial charge is 0.0614 e. The summed E-state index contributed by atoms with van der Waals surface area (Å²) in [6.07, 6.45) is -5.35. The summed E-state index contributed by atoms with van der Waals surface area (Å²) in [6.45, 7) is 0. The number of hydrogen-bond donors (Lipinski definition) is 0. The average molecular weight is 164 g/mol. The van der Waals surface area contributed by atoms with Gasteiger partial charge in [0.25, 0.3) is 0 Å². The summed E-state index contributed by atoms with van der Waals surface area (Å²) in [5, 5.41) is -0.413. The second-order valence-electron chi connectivity index (χ2n) is 2.50. The van der Waals surface area contributed by atoms with Crippen molar-refractivity contribution in [2.45, 2.75) is 12.7 Å². The fourth-order valence-electron chi connectivity index (χ4n) is 1.28. The van der Waals surface area contributed by atoms with Crippen LogP contribution < -0.4 is 0 Å². The monoisotopic (exact) mass is 164 g/mol. The minimum Gasteiger partial charge on any atom is -0.0614 e. The number of aryl methyl sites for hydroxylation is 2. The van der Waals surface area contributed by atoms with E-state index >= 15 is 0 Å². The summed E-state index contributed by atoms with van der Waals surface area (Å²) in [6, 6.07) is -3.47. The van der Waals surface area contributed by atoms with E-state index in [1.165, 1.54) is 0 Å². The molecule has 0 unspecified atom stereocenters. The Labute approximate surface area is 85.9 Å². The van der Waals surface area contributed by atoms with Crippen molar-refractivity contribution in [3.63, 3.8) is 0 Å². The molecule has 0 N–H and O–H groups in total. The standard InChI is InChI=1S/C12H10/c1-3-9-4-2-6-11-8-7-10(5-1)12(9)11/h1-6H,7-8H2/i1D,2D,3D,4D,5D,6D,7D2,8D2. The quantitative estimate of drug-likeness (QED) is 0.561. The van der Waals surface area contributed by atoms with Crippen LogP contribution in [0.3, 0.4) is 0 Å². The van der Waals surface area contributed by atoms with Crippen LogP contribution in [0.1, 0.15) is 24.8 Å². The van der Waals surface area contributed by atoms with Gasteiger partial charge in [-0.15, -0.1) is 0 Å². The van der Waals surface area contributed by atoms with Crippen LogP contribution in [0, 0.1) is 0 Å². The molecular weight excluding hydrogens is 144 g/mol. The van der Waals surface area contributed by atoms with Crippen molar-refractivity contribution in [1.82, 2.24) is 0 Å². The molecule has 0 atom stereocenters. The van der Waals surface area contributed by atoms with Crippen LogP contribution in [0.25, 0.3) is 10.8 Å². The third kappa shape index (κ3) is 0.672. The van der Waals surface area contributed by atoms with Gasteiger partial charge in [-0.3, -0.25) is 0 Å². The maximum atomic E-state index is 8.03. The van der Waals surface area contributed by atoms with Crippen molar-refractivity contribution in [3.8, 4) is 0 Å². The molecule has 1 aliphatic rings. The Morgan fingerprint density at radius 3 is 2.17 bits per heavy atom. The molecule has 0 nitrogen and oxygen atoms in total. The maximum Gasteiger partial charge on any atom is 0.0629 e. The van der Waals surface area contributed by atoms with E-state index in [0.29, 0.717) is 0 Å². The lowest BCUT2D eigenvalue weighted by Gasteiger charge is -1.99. The minimum atomic E-state index is -2.68. The highest BCUT2D eigenvalue weighted by atomic mass is 14.2. The van der Waals surface area contributed by atoms with Gasteiger partial charge in [0.2, 0.25) is 0 Å². The molecule has 0 heterocycles. The third-order valence-corrected chi connectivity index (χ3v) is 1.81. The van der Waals surface area contributed by atoms with Gasteiger partial charge in [-0.1, -0.05) is 36.3 Å². The van der Waals surface area contributed by atoms with Crippen molar-refractivity contribution in [2.75, 3.05) is 0 Å². The molecule has 0 aliphatic heterocycles. The van der Waals surface area contributed by atoms with Crippen molar-refractivity contribution >= 4 is 10.8 Å². The highest BCUT2D eigenvalue weighted by Crippen LogP contribution is 2.29. The van der Waals surface area contributed by atoms with Gasteiger partial charge in [0.05, 0.1) is 8.22 Å². The molecule has 0 radical (unpaired) electrons. The highest BCUT2D eigenvalue weighted by molar-refractivity contribution is 5.90. The van der Waals surface area contributed by atoms with Crippen molar-refractivity contribution in [3.05, 3.63) is 47.4 Å². The number of benzene rings is 2. The van der Waals surface area contributed by atoms with Gasteiger partial charge in [-0.25, -0.2) is 0 Å². The van der Waals surface area contributed by atoms with Crippen LogP contribution >= 0.6 is 0 Å². The van der Waals surface area contributed by atoms with Gasteiger partial charge in [0, 0.05) is 5.48 Å². The van der Waals surface area contributed by atoms with E-state index in [2.05, 4.69) is 0 Å². The molecule has 2 aromatic rings. The molecule has 12 heavy (non-hydrogen) atoms. The van der Waals surface area contributed by atoms with Crippen molar-refractivity contribution < 1.29 is 13.7 Å². The Bertz CT molecular complexity index is 785. The van der Waals surface area contributed by atoms with Crippen molar-refractivity contribution in [1.29, 1.82) is 0 Å². The Balaban J connectivity index is 2.76. The van der Waals surface area contributed by atoms with E-state index in [1.54, 1.807) is 0 Å². The van der Waals surface area contributed by atoms with E-state index in [4.69, 9.17) is 13.7 Å². The average Bonchev–Trinajstić information content (AvgIpc) is 2.57. The van der Waals surface area contributed by atoms with Gasteiger partial charge >= 0.3 is 0 Å². The zero-order valence-corrected chi connectivity index (χ0v) is 6.00. The van der Waals surface area contributed by atoms with Gasteiger partial charge in [0.1, 0.15) is 0 Å². The lowest BCUT2D eigenvalue weighted by atomic mass is 10.1. The van der Waals surface area contributed by atoms with Gasteiger partial charge in [0.15, 0.2) is 0 Å². The molecule has 1 aliphatic carbocycles. The Morgan fingerprint density at radius 2 is 1.58 bits per heavy atom. The second-order valence-corrected chi connectivity index (χ2v) is 2.50. The molecule has 0 fully saturated rings. The van der Waals surface area contributed by atoms with Crippen LogP contribution in [-0.2, 0) is 12.7 Å². The van der Waals surface area contributed by atoms with Crippen LogP contribution in [0.5, 0.6) is 0 Å². The van der Waals surface area contributed by atoms with Gasteiger partial charge in [-0.05, 0) is 34.6 Å². The van der Waals surface area contributed by atoms with E-state index in [9.17, 15) is 0 Å². The fourth-order valence-corrected chi connectivity index (χ4v) is 1.28. The Hall–Kier alpha value is -1.30. The van der Waals surface area contributed by atoms with Crippen molar-refractivity contribution in [2.24, 2.45) is 0 Å². The Kier molecular flexibility index (Phi) is 0.342. The number of hydrogen-bond acceptors (Lipinski definition) is 0. The predicted molar refractivity (Wildman–Crippen MR) is 51.4 cm³/mol. The summed E-state index contributed by atoms with van der Waals surface area (Å²) in [7, 11) is 0. The molecular formula is C12H10. The van der Waals surface area contributed by atoms with Gasteiger partial charge in [-0.2, -0.15) is 0 Å². The first-order chi connectivity index (χ1) is 9.96. The lowest BCUT2D eigenvalue weighted by Crippen LogP contribution is -1.76. The molecule has 58 valence electrons. The summed E-state index contributed by atoms with van der Waals surface area (Å²) in [5.41, 5.74) is -0.823. The first-order valence-corrected chi connectivity index (χ1v) is 3.50. The summed E-state index contributed by atoms with van der Waals surface area (Å²) < 4.78 is 79.2. The van der Waals surface area contributed by atoms with Crippen LogP contribution in [-0.4, -0.2) is 0 Å². The zero-order valence-electron chi connectivity index (χ0n) is 16.0. The SMILES string of the molecule is [2H]c1c([2H])c2c3c(c([2H])c([2H])c([2H])c3c1[2H])C([2H])([2H])C2([2H])[2H]. The third-order valence-electron chi connectivity index (χ3n) is 1.81. The summed E-state index contributed by atoms with van der Waals surface area (Å²) >= 11 is 0. The molecule has 0 aromatic heterocycles. The van der Waals surface area contributed by atoms with Crippen LogP contribution in [0.4, 0.5) is 0 Å². The normalized spacial score (nSPS) is 34.3. The van der Waals surface area contributed by atoms with E-state index in [-0.39, 0.29) is 10.8 Å². The second kappa shape index (κ2) is 2.10. The highest BCUT2D eigenvalue weighted by Gasteiger charge is 2.11. The van der Waals surface area contributed by atoms with Crippen LogP contribution in [0.15, 0.2) is 36.3 Å². The maximum absolute atomic E-state index is 8.03. The van der Waals surface area contributed by atoms with E-state index in [0.717, 1.165) is 0 Å². The largest absolute Gasteiger partial charge is 0.0629 e. The first-order valence-electron chi connectivity index (χ1n) is 8.50. The molecule has 0 heteroatoms. The predicted octanol–water partition coefficient (Wildman–Crippen LogP) is 2.94. The molecule has 2 aromatic carbocycles. The first kappa shape index (κ1) is 1.95. The molecule has 0 saturated carbocycles. The number of rotatable bonds is 0. The molecule has 0 saturated heterocycles. The molecule has 3 rings (SSSR count). The molecule has 0 bridgehead atoms. The Morgan fingerprint density at radius 1 is 1.00 bits per heavy atom. The van der Waals surface area contributed by atoms with Gasteiger partial charge < -0.3 is 0 Å².